The summed E-state index contributed by atoms with van der Waals surface area (Å²) >= 11 is 5.99. The lowest BCUT2D eigenvalue weighted by Crippen LogP contribution is -2.18. The van der Waals surface area contributed by atoms with Crippen molar-refractivity contribution in [3.05, 3.63) is 63.5 Å². The molecule has 1 heterocycles. The summed E-state index contributed by atoms with van der Waals surface area (Å²) in [6.07, 6.45) is 0. The summed E-state index contributed by atoms with van der Waals surface area (Å²) in [6, 6.07) is 11.6. The molecule has 8 heteroatoms. The molecule has 22 heavy (non-hydrogen) atoms. The van der Waals surface area contributed by atoms with Gasteiger partial charge in [-0.2, -0.15) is 4.68 Å². The van der Waals surface area contributed by atoms with Gasteiger partial charge in [-0.05, 0) is 28.6 Å². The maximum absolute atomic E-state index is 11.6. The summed E-state index contributed by atoms with van der Waals surface area (Å²) in [7, 11) is 0. The van der Waals surface area contributed by atoms with E-state index in [2.05, 4.69) is 15.5 Å². The molecule has 0 aliphatic rings. The van der Waals surface area contributed by atoms with E-state index in [1.165, 1.54) is 12.1 Å². The summed E-state index contributed by atoms with van der Waals surface area (Å²) in [5.41, 5.74) is 0.869. The van der Waals surface area contributed by atoms with E-state index in [0.29, 0.717) is 16.5 Å². The number of halogens is 1. The van der Waals surface area contributed by atoms with Crippen molar-refractivity contribution < 1.29 is 9.84 Å². The molecule has 0 atom stereocenters. The molecule has 0 bridgehead atoms. The number of rotatable bonds is 4. The minimum absolute atomic E-state index is 0.0619. The van der Waals surface area contributed by atoms with E-state index in [4.69, 9.17) is 16.3 Å². The van der Waals surface area contributed by atoms with Crippen molar-refractivity contribution in [2.75, 3.05) is 0 Å². The number of para-hydroxylation sites is 1. The molecule has 0 amide bonds. The molecule has 0 saturated heterocycles. The number of nitrogens with one attached hydrogen (secondary N) is 1. The molecule has 2 aromatic carbocycles. The standard InChI is InChI=1S/C14H11ClN4O3/c15-11-7-10(20)5-6-13(11)22-8-9-3-1-2-4-12(9)19-14(21)16-17-18-19/h1-7,20H,8H2,(H,16,18,21). The van der Waals surface area contributed by atoms with E-state index in [0.717, 1.165) is 10.2 Å². The average Bonchev–Trinajstić information content (AvgIpc) is 2.93. The smallest absolute Gasteiger partial charge is 0.365 e. The summed E-state index contributed by atoms with van der Waals surface area (Å²) in [5, 5.41) is 19.0. The quantitative estimate of drug-likeness (QED) is 0.766. The lowest BCUT2D eigenvalue weighted by Gasteiger charge is -2.11. The Morgan fingerprint density at radius 2 is 2.09 bits per heavy atom. The third kappa shape index (κ3) is 2.79. The van der Waals surface area contributed by atoms with Crippen LogP contribution in [0.25, 0.3) is 5.69 Å². The molecule has 2 N–H and O–H groups in total. The van der Waals surface area contributed by atoms with Crippen LogP contribution in [0.1, 0.15) is 5.56 Å². The van der Waals surface area contributed by atoms with Gasteiger partial charge in [-0.3, -0.25) is 0 Å². The minimum atomic E-state index is -0.435. The zero-order chi connectivity index (χ0) is 15.5. The number of tetrazole rings is 1. The topological polar surface area (TPSA) is 93.0 Å². The normalized spacial score (nSPS) is 10.6. The zero-order valence-corrected chi connectivity index (χ0v) is 12.0. The summed E-state index contributed by atoms with van der Waals surface area (Å²) < 4.78 is 6.79. The van der Waals surface area contributed by atoms with E-state index in [1.807, 2.05) is 12.1 Å². The van der Waals surface area contributed by atoms with Gasteiger partial charge in [0.25, 0.3) is 0 Å². The van der Waals surface area contributed by atoms with Crippen LogP contribution in [0.4, 0.5) is 0 Å². The molecule has 112 valence electrons. The summed E-state index contributed by atoms with van der Waals surface area (Å²) in [6.45, 7) is 0.181. The van der Waals surface area contributed by atoms with Gasteiger partial charge in [0, 0.05) is 11.6 Å². The van der Waals surface area contributed by atoms with Crippen molar-refractivity contribution in [1.29, 1.82) is 0 Å². The van der Waals surface area contributed by atoms with E-state index in [1.54, 1.807) is 18.2 Å². The second kappa shape index (κ2) is 5.90. The van der Waals surface area contributed by atoms with Crippen LogP contribution >= 0.6 is 11.6 Å². The second-order valence-electron chi connectivity index (χ2n) is 4.45. The predicted octanol–water partition coefficient (Wildman–Crippen LogP) is 1.89. The molecular formula is C14H11ClN4O3. The largest absolute Gasteiger partial charge is 0.508 e. The SMILES string of the molecule is O=c1[nH]nnn1-c1ccccc1COc1ccc(O)cc1Cl. The Labute approximate surface area is 129 Å². The number of hydrogen-bond acceptors (Lipinski definition) is 5. The number of aromatic hydroxyl groups is 1. The Hall–Kier alpha value is -2.80. The van der Waals surface area contributed by atoms with Crippen LogP contribution in [0.2, 0.25) is 5.02 Å². The maximum atomic E-state index is 11.6. The second-order valence-corrected chi connectivity index (χ2v) is 4.86. The van der Waals surface area contributed by atoms with Gasteiger partial charge >= 0.3 is 5.69 Å². The van der Waals surface area contributed by atoms with E-state index in [9.17, 15) is 9.90 Å². The van der Waals surface area contributed by atoms with Crippen LogP contribution in [0.5, 0.6) is 11.5 Å². The highest BCUT2D eigenvalue weighted by atomic mass is 35.5. The van der Waals surface area contributed by atoms with E-state index >= 15 is 0 Å². The predicted molar refractivity (Wildman–Crippen MR) is 79.4 cm³/mol. The van der Waals surface area contributed by atoms with Crippen LogP contribution in [-0.2, 0) is 6.61 Å². The first-order chi connectivity index (χ1) is 10.6. The molecule has 3 rings (SSSR count). The number of aromatic nitrogens is 4. The van der Waals surface area contributed by atoms with Gasteiger partial charge in [0.15, 0.2) is 0 Å². The third-order valence-electron chi connectivity index (χ3n) is 2.99. The fraction of sp³-hybridized carbons (Fsp3) is 0.0714. The zero-order valence-electron chi connectivity index (χ0n) is 11.2. The van der Waals surface area contributed by atoms with Gasteiger partial charge < -0.3 is 9.84 Å². The van der Waals surface area contributed by atoms with Crippen molar-refractivity contribution >= 4 is 11.6 Å². The number of phenols is 1. The summed E-state index contributed by atoms with van der Waals surface area (Å²) in [5.74, 6) is 0.494. The van der Waals surface area contributed by atoms with Crippen LogP contribution < -0.4 is 10.4 Å². The molecule has 7 nitrogen and oxygen atoms in total. The first-order valence-corrected chi connectivity index (χ1v) is 6.73. The molecular weight excluding hydrogens is 308 g/mol. The fourth-order valence-electron chi connectivity index (χ4n) is 1.96. The highest BCUT2D eigenvalue weighted by Crippen LogP contribution is 2.29. The van der Waals surface area contributed by atoms with Gasteiger partial charge in [0.05, 0.1) is 10.7 Å². The molecule has 0 saturated carbocycles. The van der Waals surface area contributed by atoms with Crippen molar-refractivity contribution in [2.45, 2.75) is 6.61 Å². The number of aromatic amines is 1. The first-order valence-electron chi connectivity index (χ1n) is 6.35. The Morgan fingerprint density at radius 1 is 1.27 bits per heavy atom. The molecule has 0 spiro atoms. The highest BCUT2D eigenvalue weighted by Gasteiger charge is 2.10. The minimum Gasteiger partial charge on any atom is -0.508 e. The molecule has 1 aromatic heterocycles. The highest BCUT2D eigenvalue weighted by molar-refractivity contribution is 6.32. The van der Waals surface area contributed by atoms with Crippen LogP contribution in [0, 0.1) is 0 Å². The van der Waals surface area contributed by atoms with Gasteiger partial charge in [0.1, 0.15) is 18.1 Å². The van der Waals surface area contributed by atoms with Gasteiger partial charge in [-0.1, -0.05) is 29.8 Å². The number of benzene rings is 2. The number of H-pyrrole nitrogens is 1. The van der Waals surface area contributed by atoms with Crippen LogP contribution in [0.3, 0.4) is 0 Å². The number of phenolic OH excluding ortho intramolecular Hbond substituents is 1. The number of ether oxygens (including phenoxy) is 1. The molecule has 0 radical (unpaired) electrons. The lowest BCUT2D eigenvalue weighted by molar-refractivity contribution is 0.305. The first kappa shape index (κ1) is 14.2. The maximum Gasteiger partial charge on any atom is 0.365 e. The Morgan fingerprint density at radius 3 is 2.82 bits per heavy atom. The van der Waals surface area contributed by atoms with Crippen LogP contribution in [0.15, 0.2) is 47.3 Å². The van der Waals surface area contributed by atoms with Crippen molar-refractivity contribution in [3.8, 4) is 17.2 Å². The van der Waals surface area contributed by atoms with E-state index in [-0.39, 0.29) is 12.4 Å². The van der Waals surface area contributed by atoms with Crippen molar-refractivity contribution in [1.82, 2.24) is 20.2 Å². The Kier molecular flexibility index (Phi) is 3.80. The fourth-order valence-corrected chi connectivity index (χ4v) is 2.19. The monoisotopic (exact) mass is 318 g/mol. The average molecular weight is 319 g/mol. The number of hydrogen-bond donors (Lipinski definition) is 2. The Bertz CT molecular complexity index is 859. The number of nitrogens with zero attached hydrogens (tertiary/aromatic N) is 3. The van der Waals surface area contributed by atoms with Gasteiger partial charge in [0.2, 0.25) is 0 Å². The molecule has 3 aromatic rings. The van der Waals surface area contributed by atoms with E-state index < -0.39 is 5.69 Å². The molecule has 0 aliphatic carbocycles. The van der Waals surface area contributed by atoms with Gasteiger partial charge in [-0.15, -0.1) is 0 Å². The Balaban J connectivity index is 1.87. The van der Waals surface area contributed by atoms with Crippen molar-refractivity contribution in [3.63, 3.8) is 0 Å². The summed E-state index contributed by atoms with van der Waals surface area (Å²) in [4.78, 5) is 11.6. The molecule has 0 fully saturated rings. The van der Waals surface area contributed by atoms with Crippen molar-refractivity contribution in [2.24, 2.45) is 0 Å². The third-order valence-corrected chi connectivity index (χ3v) is 3.29. The van der Waals surface area contributed by atoms with Crippen LogP contribution in [-0.4, -0.2) is 25.3 Å². The van der Waals surface area contributed by atoms with Gasteiger partial charge in [-0.25, -0.2) is 9.89 Å². The molecule has 0 aliphatic heterocycles. The lowest BCUT2D eigenvalue weighted by atomic mass is 10.2. The molecule has 0 unspecified atom stereocenters.